The van der Waals surface area contributed by atoms with Crippen molar-refractivity contribution in [2.24, 2.45) is 0 Å². The van der Waals surface area contributed by atoms with Gasteiger partial charge in [-0.1, -0.05) is 6.07 Å². The van der Waals surface area contributed by atoms with Gasteiger partial charge in [-0.15, -0.1) is 0 Å². The highest BCUT2D eigenvalue weighted by Gasteiger charge is 2.21. The number of hydrogen-bond acceptors (Lipinski definition) is 5. The summed E-state index contributed by atoms with van der Waals surface area (Å²) in [6, 6.07) is 13.9. The Labute approximate surface area is 190 Å². The Morgan fingerprint density at radius 3 is 2.15 bits per heavy atom. The standard InChI is InChI=1S/C23H22F2N2O5S/c1-31-17-9-6-15(7-10-17)27-33(29,30)22-14-16(8-12-21(22)32-2)26-23(28)13-11-18-19(24)4-3-5-20(18)25/h3-10,12,14,27H,11,13H2,1-2H3,(H,26,28). The molecule has 174 valence electrons. The van der Waals surface area contributed by atoms with E-state index in [4.69, 9.17) is 9.47 Å². The first-order chi connectivity index (χ1) is 15.7. The van der Waals surface area contributed by atoms with Crippen LogP contribution in [0.15, 0.2) is 65.6 Å². The normalized spacial score (nSPS) is 11.0. The van der Waals surface area contributed by atoms with Crippen molar-refractivity contribution in [2.45, 2.75) is 17.7 Å². The van der Waals surface area contributed by atoms with Crippen molar-refractivity contribution >= 4 is 27.3 Å². The fraction of sp³-hybridized carbons (Fsp3) is 0.174. The minimum absolute atomic E-state index is 0.0717. The van der Waals surface area contributed by atoms with E-state index in [2.05, 4.69) is 10.0 Å². The fourth-order valence-electron chi connectivity index (χ4n) is 3.07. The first kappa shape index (κ1) is 24.0. The number of sulfonamides is 1. The third-order valence-corrected chi connectivity index (χ3v) is 6.15. The van der Waals surface area contributed by atoms with Gasteiger partial charge in [-0.25, -0.2) is 17.2 Å². The second kappa shape index (κ2) is 10.3. The van der Waals surface area contributed by atoms with Gasteiger partial charge in [-0.3, -0.25) is 9.52 Å². The van der Waals surface area contributed by atoms with E-state index in [1.54, 1.807) is 12.1 Å². The summed E-state index contributed by atoms with van der Waals surface area (Å²) in [4.78, 5) is 12.1. The molecule has 0 aliphatic carbocycles. The van der Waals surface area contributed by atoms with Gasteiger partial charge in [0, 0.05) is 23.4 Å². The number of halogens is 2. The zero-order chi connectivity index (χ0) is 24.0. The molecule has 1 amide bonds. The Bertz CT molecular complexity index is 1230. The number of ether oxygens (including phenoxy) is 2. The molecule has 0 aromatic heterocycles. The Morgan fingerprint density at radius 2 is 1.55 bits per heavy atom. The average Bonchev–Trinajstić information content (AvgIpc) is 2.79. The summed E-state index contributed by atoms with van der Waals surface area (Å²) >= 11 is 0. The lowest BCUT2D eigenvalue weighted by molar-refractivity contribution is -0.116. The Kier molecular flexibility index (Phi) is 7.49. The lowest BCUT2D eigenvalue weighted by Crippen LogP contribution is -2.16. The van der Waals surface area contributed by atoms with Crippen LogP contribution in [0, 0.1) is 11.6 Å². The number of amides is 1. The molecular formula is C23H22F2N2O5S. The molecular weight excluding hydrogens is 454 g/mol. The number of carbonyl (C=O) groups excluding carboxylic acids is 1. The summed E-state index contributed by atoms with van der Waals surface area (Å²) < 4.78 is 66.0. The molecule has 10 heteroatoms. The van der Waals surface area contributed by atoms with Crippen molar-refractivity contribution in [2.75, 3.05) is 24.3 Å². The van der Waals surface area contributed by atoms with E-state index in [1.165, 1.54) is 50.6 Å². The molecule has 0 heterocycles. The molecule has 0 atom stereocenters. The molecule has 0 aliphatic heterocycles. The van der Waals surface area contributed by atoms with E-state index < -0.39 is 27.6 Å². The van der Waals surface area contributed by atoms with Gasteiger partial charge in [0.05, 0.1) is 14.2 Å². The molecule has 0 radical (unpaired) electrons. The van der Waals surface area contributed by atoms with Gasteiger partial charge >= 0.3 is 0 Å². The van der Waals surface area contributed by atoms with Gasteiger partial charge in [0.15, 0.2) is 0 Å². The van der Waals surface area contributed by atoms with Gasteiger partial charge in [0.25, 0.3) is 10.0 Å². The smallest absolute Gasteiger partial charge is 0.265 e. The molecule has 0 spiro atoms. The molecule has 3 aromatic carbocycles. The van der Waals surface area contributed by atoms with E-state index in [1.807, 2.05) is 0 Å². The predicted octanol–water partition coefficient (Wildman–Crippen LogP) is 4.35. The summed E-state index contributed by atoms with van der Waals surface area (Å²) in [6.07, 6.45) is -0.346. The maximum atomic E-state index is 13.8. The molecule has 0 bridgehead atoms. The molecule has 0 fully saturated rings. The lowest BCUT2D eigenvalue weighted by atomic mass is 10.1. The number of benzene rings is 3. The zero-order valence-corrected chi connectivity index (χ0v) is 18.7. The summed E-state index contributed by atoms with van der Waals surface area (Å²) in [7, 11) is -1.25. The third-order valence-electron chi connectivity index (χ3n) is 4.74. The Balaban J connectivity index is 1.76. The highest BCUT2D eigenvalue weighted by atomic mass is 32.2. The molecule has 0 saturated heterocycles. The van der Waals surface area contributed by atoms with E-state index in [0.29, 0.717) is 11.4 Å². The van der Waals surface area contributed by atoms with Crippen molar-refractivity contribution < 1.29 is 31.5 Å². The second-order valence-corrected chi connectivity index (χ2v) is 8.60. The van der Waals surface area contributed by atoms with Crippen molar-refractivity contribution in [3.63, 3.8) is 0 Å². The fourth-order valence-corrected chi connectivity index (χ4v) is 4.32. The van der Waals surface area contributed by atoms with Gasteiger partial charge in [-0.05, 0) is 61.0 Å². The Hall–Kier alpha value is -3.66. The van der Waals surface area contributed by atoms with Gasteiger partial charge in [-0.2, -0.15) is 0 Å². The minimum Gasteiger partial charge on any atom is -0.497 e. The maximum absolute atomic E-state index is 13.8. The number of nitrogens with one attached hydrogen (secondary N) is 2. The van der Waals surface area contributed by atoms with Crippen molar-refractivity contribution in [3.8, 4) is 11.5 Å². The van der Waals surface area contributed by atoms with Gasteiger partial charge in [0.2, 0.25) is 5.91 Å². The summed E-state index contributed by atoms with van der Waals surface area (Å²) in [5, 5.41) is 2.55. The highest BCUT2D eigenvalue weighted by molar-refractivity contribution is 7.92. The summed E-state index contributed by atoms with van der Waals surface area (Å²) in [5.41, 5.74) is 0.304. The van der Waals surface area contributed by atoms with Crippen LogP contribution in [0.25, 0.3) is 0 Å². The minimum atomic E-state index is -4.07. The molecule has 3 rings (SSSR count). The van der Waals surface area contributed by atoms with Crippen LogP contribution in [-0.4, -0.2) is 28.5 Å². The van der Waals surface area contributed by atoms with Crippen LogP contribution in [0.4, 0.5) is 20.2 Å². The monoisotopic (exact) mass is 476 g/mol. The largest absolute Gasteiger partial charge is 0.497 e. The van der Waals surface area contributed by atoms with Crippen LogP contribution in [0.1, 0.15) is 12.0 Å². The van der Waals surface area contributed by atoms with Crippen molar-refractivity contribution in [1.29, 1.82) is 0 Å². The highest BCUT2D eigenvalue weighted by Crippen LogP contribution is 2.29. The third kappa shape index (κ3) is 5.98. The zero-order valence-electron chi connectivity index (χ0n) is 17.9. The maximum Gasteiger partial charge on any atom is 0.265 e. The van der Waals surface area contributed by atoms with Crippen LogP contribution in [0.5, 0.6) is 11.5 Å². The Morgan fingerprint density at radius 1 is 0.909 bits per heavy atom. The molecule has 33 heavy (non-hydrogen) atoms. The molecule has 3 aromatic rings. The molecule has 2 N–H and O–H groups in total. The quantitative estimate of drug-likeness (QED) is 0.479. The van der Waals surface area contributed by atoms with Crippen LogP contribution in [0.2, 0.25) is 0 Å². The predicted molar refractivity (Wildman–Crippen MR) is 120 cm³/mol. The molecule has 0 unspecified atom stereocenters. The van der Waals surface area contributed by atoms with Crippen molar-refractivity contribution in [3.05, 3.63) is 77.9 Å². The topological polar surface area (TPSA) is 93.7 Å². The first-order valence-electron chi connectivity index (χ1n) is 9.81. The van der Waals surface area contributed by atoms with E-state index in [0.717, 1.165) is 12.1 Å². The van der Waals surface area contributed by atoms with Crippen LogP contribution in [0.3, 0.4) is 0 Å². The number of rotatable bonds is 9. The summed E-state index contributed by atoms with van der Waals surface area (Å²) in [6.45, 7) is 0. The molecule has 0 saturated carbocycles. The molecule has 7 nitrogen and oxygen atoms in total. The van der Waals surface area contributed by atoms with E-state index >= 15 is 0 Å². The summed E-state index contributed by atoms with van der Waals surface area (Å²) in [5.74, 6) is -1.36. The number of carbonyl (C=O) groups is 1. The average molecular weight is 477 g/mol. The lowest BCUT2D eigenvalue weighted by Gasteiger charge is -2.14. The first-order valence-corrected chi connectivity index (χ1v) is 11.3. The van der Waals surface area contributed by atoms with Crippen molar-refractivity contribution in [1.82, 2.24) is 0 Å². The van der Waals surface area contributed by atoms with Crippen LogP contribution in [-0.2, 0) is 21.2 Å². The number of hydrogen-bond donors (Lipinski definition) is 2. The number of methoxy groups -OCH3 is 2. The van der Waals surface area contributed by atoms with Gasteiger partial charge < -0.3 is 14.8 Å². The SMILES string of the molecule is COc1ccc(NS(=O)(=O)c2cc(NC(=O)CCc3c(F)cccc3F)ccc2OC)cc1. The molecule has 0 aliphatic rings. The van der Waals surface area contributed by atoms with Crippen LogP contribution >= 0.6 is 0 Å². The number of anilines is 2. The van der Waals surface area contributed by atoms with E-state index in [9.17, 15) is 22.0 Å². The van der Waals surface area contributed by atoms with E-state index in [-0.39, 0.29) is 34.7 Å². The van der Waals surface area contributed by atoms with Crippen LogP contribution < -0.4 is 19.5 Å². The second-order valence-electron chi connectivity index (χ2n) is 6.95. The van der Waals surface area contributed by atoms with Gasteiger partial charge in [0.1, 0.15) is 28.0 Å².